The molecule has 3 rings (SSSR count). The number of fused-ring (bicyclic) bond motifs is 1. The van der Waals surface area contributed by atoms with Crippen molar-refractivity contribution in [3.8, 4) is 5.75 Å². The maximum absolute atomic E-state index is 13.0. The first-order valence-electron chi connectivity index (χ1n) is 9.02. The second-order valence-electron chi connectivity index (χ2n) is 7.92. The number of carbonyl (C=O) groups excluding carboxylic acids is 1. The number of aryl methyl sites for hydroxylation is 4. The Hall–Kier alpha value is -2.89. The van der Waals surface area contributed by atoms with Gasteiger partial charge in [0.25, 0.3) is 5.56 Å². The fraction of sp³-hybridized carbons (Fsp3) is 0.381. The van der Waals surface area contributed by atoms with E-state index >= 15 is 0 Å². The van der Waals surface area contributed by atoms with Crippen LogP contribution in [0.15, 0.2) is 35.4 Å². The van der Waals surface area contributed by atoms with Crippen LogP contribution in [-0.2, 0) is 17.8 Å². The molecule has 0 radical (unpaired) electrons. The van der Waals surface area contributed by atoms with Crippen molar-refractivity contribution in [2.45, 2.75) is 47.6 Å². The van der Waals surface area contributed by atoms with Crippen LogP contribution in [0.3, 0.4) is 0 Å². The number of carbonyl (C=O) groups is 1. The van der Waals surface area contributed by atoms with Gasteiger partial charge in [-0.15, -0.1) is 0 Å². The minimum absolute atomic E-state index is 0.215. The van der Waals surface area contributed by atoms with Gasteiger partial charge in [0.15, 0.2) is 5.75 Å². The Morgan fingerprint density at radius 3 is 2.48 bits per heavy atom. The Kier molecular flexibility index (Phi) is 4.91. The van der Waals surface area contributed by atoms with Gasteiger partial charge >= 0.3 is 5.97 Å². The van der Waals surface area contributed by atoms with Crippen molar-refractivity contribution in [3.63, 3.8) is 0 Å². The fourth-order valence-corrected chi connectivity index (χ4v) is 2.75. The molecule has 6 heteroatoms. The highest BCUT2D eigenvalue weighted by molar-refractivity contribution is 5.88. The summed E-state index contributed by atoms with van der Waals surface area (Å²) in [5, 5.41) is 0.316. The number of benzene rings is 1. The average molecular weight is 367 g/mol. The number of aromatic amines is 1. The summed E-state index contributed by atoms with van der Waals surface area (Å²) in [5.41, 5.74) is 2.52. The molecule has 1 N–H and O–H groups in total. The molecule has 0 unspecified atom stereocenters. The molecular formula is C21H25N3O3. The quantitative estimate of drug-likeness (QED) is 0.716. The zero-order valence-electron chi connectivity index (χ0n) is 16.4. The van der Waals surface area contributed by atoms with Gasteiger partial charge in [-0.3, -0.25) is 14.2 Å². The molecule has 0 spiro atoms. The summed E-state index contributed by atoms with van der Waals surface area (Å²) in [5.74, 6) is -0.118. The lowest BCUT2D eigenvalue weighted by Crippen LogP contribution is -2.27. The van der Waals surface area contributed by atoms with Crippen LogP contribution in [0.4, 0.5) is 0 Å². The van der Waals surface area contributed by atoms with E-state index in [1.54, 1.807) is 32.3 Å². The minimum atomic E-state index is -0.664. The lowest BCUT2D eigenvalue weighted by Gasteiger charge is -2.16. The van der Waals surface area contributed by atoms with Gasteiger partial charge in [0.05, 0.1) is 17.4 Å². The highest BCUT2D eigenvalue weighted by Crippen LogP contribution is 2.28. The first-order chi connectivity index (χ1) is 12.7. The van der Waals surface area contributed by atoms with Gasteiger partial charge in [0.2, 0.25) is 0 Å². The van der Waals surface area contributed by atoms with Gasteiger partial charge in [-0.05, 0) is 46.6 Å². The third kappa shape index (κ3) is 3.94. The molecule has 0 aliphatic rings. The smallest absolute Gasteiger partial charge is 0.316 e. The molecule has 0 aliphatic carbocycles. The fourth-order valence-electron chi connectivity index (χ4n) is 2.75. The molecule has 0 amide bonds. The van der Waals surface area contributed by atoms with Crippen LogP contribution in [0.1, 0.15) is 37.6 Å². The molecular weight excluding hydrogens is 342 g/mol. The van der Waals surface area contributed by atoms with E-state index in [4.69, 9.17) is 4.74 Å². The monoisotopic (exact) mass is 367 g/mol. The van der Waals surface area contributed by atoms with E-state index in [-0.39, 0.29) is 17.3 Å². The summed E-state index contributed by atoms with van der Waals surface area (Å²) >= 11 is 0. The van der Waals surface area contributed by atoms with Crippen LogP contribution >= 0.6 is 0 Å². The molecule has 2 aromatic heterocycles. The van der Waals surface area contributed by atoms with Gasteiger partial charge in [0, 0.05) is 6.54 Å². The SMILES string of the molecule is Cc1ccc(CCn2cnc3[nH]c(C)c(OC(=O)C(C)(C)C)c3c2=O)cc1. The number of H-pyrrole nitrogens is 1. The summed E-state index contributed by atoms with van der Waals surface area (Å²) in [4.78, 5) is 32.6. The number of ether oxygens (including phenoxy) is 1. The topological polar surface area (TPSA) is 77.0 Å². The maximum atomic E-state index is 13.0. The second kappa shape index (κ2) is 7.02. The molecule has 0 saturated heterocycles. The van der Waals surface area contributed by atoms with Gasteiger partial charge < -0.3 is 9.72 Å². The van der Waals surface area contributed by atoms with E-state index in [1.165, 1.54) is 11.9 Å². The first-order valence-corrected chi connectivity index (χ1v) is 9.02. The Morgan fingerprint density at radius 1 is 1.19 bits per heavy atom. The van der Waals surface area contributed by atoms with Crippen LogP contribution in [0.2, 0.25) is 0 Å². The Balaban J connectivity index is 1.93. The van der Waals surface area contributed by atoms with Crippen molar-refractivity contribution in [1.29, 1.82) is 0 Å². The van der Waals surface area contributed by atoms with Gasteiger partial charge in [-0.2, -0.15) is 0 Å². The molecule has 1 aromatic carbocycles. The summed E-state index contributed by atoms with van der Waals surface area (Å²) in [7, 11) is 0. The number of rotatable bonds is 4. The first kappa shape index (κ1) is 18.9. The molecule has 27 heavy (non-hydrogen) atoms. The molecule has 3 aromatic rings. The van der Waals surface area contributed by atoms with Crippen molar-refractivity contribution in [1.82, 2.24) is 14.5 Å². The summed E-state index contributed by atoms with van der Waals surface area (Å²) in [6, 6.07) is 8.23. The van der Waals surface area contributed by atoms with Gasteiger partial charge in [-0.1, -0.05) is 29.8 Å². The second-order valence-corrected chi connectivity index (χ2v) is 7.92. The number of nitrogens with one attached hydrogen (secondary N) is 1. The summed E-state index contributed by atoms with van der Waals surface area (Å²) in [6.07, 6.45) is 2.25. The van der Waals surface area contributed by atoms with Crippen LogP contribution in [0.25, 0.3) is 11.0 Å². The number of hydrogen-bond acceptors (Lipinski definition) is 4. The van der Waals surface area contributed by atoms with Crippen LogP contribution in [0, 0.1) is 19.3 Å². The predicted molar refractivity (Wildman–Crippen MR) is 105 cm³/mol. The lowest BCUT2D eigenvalue weighted by molar-refractivity contribution is -0.142. The molecule has 0 saturated carbocycles. The number of hydrogen-bond donors (Lipinski definition) is 1. The third-order valence-corrected chi connectivity index (χ3v) is 4.48. The number of nitrogens with zero attached hydrogens (tertiary/aromatic N) is 2. The molecule has 6 nitrogen and oxygen atoms in total. The average Bonchev–Trinajstić information content (AvgIpc) is 2.91. The molecule has 142 valence electrons. The van der Waals surface area contributed by atoms with Crippen LogP contribution in [-0.4, -0.2) is 20.5 Å². The summed E-state index contributed by atoms with van der Waals surface area (Å²) < 4.78 is 7.11. The maximum Gasteiger partial charge on any atom is 0.316 e. The van der Waals surface area contributed by atoms with E-state index < -0.39 is 5.41 Å². The van der Waals surface area contributed by atoms with Gasteiger partial charge in [0.1, 0.15) is 11.0 Å². The van der Waals surface area contributed by atoms with Crippen molar-refractivity contribution < 1.29 is 9.53 Å². The highest BCUT2D eigenvalue weighted by Gasteiger charge is 2.27. The molecule has 0 atom stereocenters. The normalized spacial score (nSPS) is 11.7. The standard InChI is InChI=1S/C21H25N3O3/c1-13-6-8-15(9-7-13)10-11-24-12-22-18-16(19(24)25)17(14(2)23-18)27-20(26)21(3,4)5/h6-9,12,23H,10-11H2,1-5H3. The Labute approximate surface area is 158 Å². The number of esters is 1. The minimum Gasteiger partial charge on any atom is -0.423 e. The van der Waals surface area contributed by atoms with Crippen molar-refractivity contribution >= 4 is 17.0 Å². The Morgan fingerprint density at radius 2 is 1.85 bits per heavy atom. The predicted octanol–water partition coefficient (Wildman–Crippen LogP) is 3.54. The van der Waals surface area contributed by atoms with E-state index in [2.05, 4.69) is 34.2 Å². The van der Waals surface area contributed by atoms with E-state index in [1.807, 2.05) is 6.92 Å². The van der Waals surface area contributed by atoms with Crippen molar-refractivity contribution in [2.75, 3.05) is 0 Å². The van der Waals surface area contributed by atoms with Crippen LogP contribution in [0.5, 0.6) is 5.75 Å². The lowest BCUT2D eigenvalue weighted by atomic mass is 9.97. The Bertz CT molecular complexity index is 1040. The van der Waals surface area contributed by atoms with Crippen LogP contribution < -0.4 is 10.3 Å². The van der Waals surface area contributed by atoms with Crippen molar-refractivity contribution in [3.05, 3.63) is 57.8 Å². The van der Waals surface area contributed by atoms with E-state index in [0.29, 0.717) is 29.7 Å². The molecule has 2 heterocycles. The largest absolute Gasteiger partial charge is 0.423 e. The molecule has 0 bridgehead atoms. The molecule has 0 aliphatic heterocycles. The van der Waals surface area contributed by atoms with E-state index in [9.17, 15) is 9.59 Å². The molecule has 0 fully saturated rings. The highest BCUT2D eigenvalue weighted by atomic mass is 16.5. The zero-order chi connectivity index (χ0) is 19.8. The zero-order valence-corrected chi connectivity index (χ0v) is 16.4. The third-order valence-electron chi connectivity index (χ3n) is 4.48. The van der Waals surface area contributed by atoms with Crippen molar-refractivity contribution in [2.24, 2.45) is 5.41 Å². The van der Waals surface area contributed by atoms with Gasteiger partial charge in [-0.25, -0.2) is 4.98 Å². The summed E-state index contributed by atoms with van der Waals surface area (Å²) in [6.45, 7) is 9.64. The number of aromatic nitrogens is 3. The van der Waals surface area contributed by atoms with E-state index in [0.717, 1.165) is 5.56 Å².